The molecule has 6 nitrogen and oxygen atoms in total. The highest BCUT2D eigenvalue weighted by Crippen LogP contribution is 2.28. The first-order chi connectivity index (χ1) is 11.6. The maximum atomic E-state index is 12.6. The van der Waals surface area contributed by atoms with Gasteiger partial charge in [-0.2, -0.15) is 0 Å². The van der Waals surface area contributed by atoms with E-state index in [1.807, 2.05) is 43.0 Å². The van der Waals surface area contributed by atoms with Gasteiger partial charge in [0.2, 0.25) is 0 Å². The van der Waals surface area contributed by atoms with E-state index in [9.17, 15) is 4.79 Å². The van der Waals surface area contributed by atoms with Gasteiger partial charge < -0.3 is 19.1 Å². The van der Waals surface area contributed by atoms with Crippen molar-refractivity contribution in [2.45, 2.75) is 19.8 Å². The van der Waals surface area contributed by atoms with Crippen LogP contribution in [0, 0.1) is 0 Å². The summed E-state index contributed by atoms with van der Waals surface area (Å²) in [5.74, 6) is 1.76. The zero-order valence-electron chi connectivity index (χ0n) is 14.4. The number of hydrogen-bond donors (Lipinski definition) is 0. The molecule has 1 aliphatic heterocycles. The van der Waals surface area contributed by atoms with Gasteiger partial charge in [-0.05, 0) is 12.1 Å². The predicted octanol–water partition coefficient (Wildman–Crippen LogP) is 2.77. The number of piperazine rings is 1. The molecule has 0 aliphatic carbocycles. The number of para-hydroxylation sites is 2. The fourth-order valence-corrected chi connectivity index (χ4v) is 2.87. The summed E-state index contributed by atoms with van der Waals surface area (Å²) < 4.78 is 10.7. The van der Waals surface area contributed by atoms with Crippen molar-refractivity contribution >= 4 is 11.6 Å². The number of benzene rings is 1. The van der Waals surface area contributed by atoms with E-state index in [-0.39, 0.29) is 11.8 Å². The zero-order valence-corrected chi connectivity index (χ0v) is 14.4. The number of rotatable bonds is 4. The summed E-state index contributed by atoms with van der Waals surface area (Å²) in [6, 6.07) is 9.70. The van der Waals surface area contributed by atoms with E-state index in [0.717, 1.165) is 30.3 Å². The van der Waals surface area contributed by atoms with Crippen molar-refractivity contribution in [1.29, 1.82) is 0 Å². The average Bonchev–Trinajstić information content (AvgIpc) is 3.11. The molecule has 0 spiro atoms. The molecule has 1 aliphatic rings. The summed E-state index contributed by atoms with van der Waals surface area (Å²) >= 11 is 0. The zero-order chi connectivity index (χ0) is 17.1. The first-order valence-corrected chi connectivity index (χ1v) is 8.24. The molecule has 6 heteroatoms. The van der Waals surface area contributed by atoms with E-state index < -0.39 is 0 Å². The number of aromatic nitrogens is 1. The normalized spacial score (nSPS) is 15.0. The van der Waals surface area contributed by atoms with Gasteiger partial charge in [-0.3, -0.25) is 4.79 Å². The number of ether oxygens (including phenoxy) is 1. The van der Waals surface area contributed by atoms with Crippen LogP contribution in [0.25, 0.3) is 0 Å². The molecule has 0 saturated carbocycles. The summed E-state index contributed by atoms with van der Waals surface area (Å²) in [5.41, 5.74) is 1.46. The van der Waals surface area contributed by atoms with Crippen molar-refractivity contribution < 1.29 is 14.1 Å². The second-order valence-corrected chi connectivity index (χ2v) is 6.22. The smallest absolute Gasteiger partial charge is 0.276 e. The van der Waals surface area contributed by atoms with E-state index in [1.54, 1.807) is 13.2 Å². The minimum absolute atomic E-state index is 0.0645. The molecule has 2 heterocycles. The number of amides is 1. The van der Waals surface area contributed by atoms with Crippen molar-refractivity contribution in [2.75, 3.05) is 38.2 Å². The summed E-state index contributed by atoms with van der Waals surface area (Å²) in [5, 5.41) is 3.92. The van der Waals surface area contributed by atoms with Crippen molar-refractivity contribution in [1.82, 2.24) is 10.1 Å². The van der Waals surface area contributed by atoms with Crippen LogP contribution in [0.4, 0.5) is 5.69 Å². The van der Waals surface area contributed by atoms with Crippen LogP contribution in [0.15, 0.2) is 34.9 Å². The Labute approximate surface area is 142 Å². The number of nitrogens with zero attached hydrogens (tertiary/aromatic N) is 3. The van der Waals surface area contributed by atoms with Crippen LogP contribution in [0.3, 0.4) is 0 Å². The summed E-state index contributed by atoms with van der Waals surface area (Å²) in [7, 11) is 1.68. The SMILES string of the molecule is COc1ccccc1N1CCN(C(=O)c2cc(C(C)C)on2)CC1. The van der Waals surface area contributed by atoms with Crippen LogP contribution in [-0.4, -0.2) is 49.3 Å². The first kappa shape index (κ1) is 16.4. The Hall–Kier alpha value is -2.50. The Morgan fingerprint density at radius 3 is 2.54 bits per heavy atom. The third kappa shape index (κ3) is 3.22. The summed E-state index contributed by atoms with van der Waals surface area (Å²) in [4.78, 5) is 16.6. The van der Waals surface area contributed by atoms with E-state index >= 15 is 0 Å². The molecule has 1 amide bonds. The summed E-state index contributed by atoms with van der Waals surface area (Å²) in [6.45, 7) is 6.87. The molecule has 0 radical (unpaired) electrons. The molecule has 0 unspecified atom stereocenters. The molecule has 128 valence electrons. The molecule has 1 aromatic heterocycles. The fraction of sp³-hybridized carbons (Fsp3) is 0.444. The number of carbonyl (C=O) groups is 1. The van der Waals surface area contributed by atoms with Crippen LogP contribution in [0.2, 0.25) is 0 Å². The number of carbonyl (C=O) groups excluding carboxylic acids is 1. The minimum Gasteiger partial charge on any atom is -0.495 e. The van der Waals surface area contributed by atoms with Crippen LogP contribution in [0.1, 0.15) is 36.0 Å². The van der Waals surface area contributed by atoms with E-state index in [0.29, 0.717) is 18.8 Å². The lowest BCUT2D eigenvalue weighted by Crippen LogP contribution is -2.49. The Bertz CT molecular complexity index is 703. The van der Waals surface area contributed by atoms with E-state index in [2.05, 4.69) is 10.1 Å². The maximum Gasteiger partial charge on any atom is 0.276 e. The van der Waals surface area contributed by atoms with Gasteiger partial charge in [-0.1, -0.05) is 31.1 Å². The lowest BCUT2D eigenvalue weighted by atomic mass is 10.1. The van der Waals surface area contributed by atoms with Gasteiger partial charge >= 0.3 is 0 Å². The van der Waals surface area contributed by atoms with Crippen LogP contribution in [-0.2, 0) is 0 Å². The topological polar surface area (TPSA) is 58.8 Å². The van der Waals surface area contributed by atoms with Crippen LogP contribution in [0.5, 0.6) is 5.75 Å². The van der Waals surface area contributed by atoms with Crippen molar-refractivity contribution in [3.8, 4) is 5.75 Å². The largest absolute Gasteiger partial charge is 0.495 e. The lowest BCUT2D eigenvalue weighted by Gasteiger charge is -2.36. The molecule has 0 atom stereocenters. The number of methoxy groups -OCH3 is 1. The monoisotopic (exact) mass is 329 g/mol. The van der Waals surface area contributed by atoms with E-state index in [1.165, 1.54) is 0 Å². The molecule has 0 bridgehead atoms. The number of anilines is 1. The van der Waals surface area contributed by atoms with Crippen molar-refractivity contribution in [3.05, 3.63) is 41.8 Å². The van der Waals surface area contributed by atoms with Crippen LogP contribution >= 0.6 is 0 Å². The highest BCUT2D eigenvalue weighted by atomic mass is 16.5. The third-order valence-electron chi connectivity index (χ3n) is 4.31. The fourth-order valence-electron chi connectivity index (χ4n) is 2.87. The lowest BCUT2D eigenvalue weighted by molar-refractivity contribution is 0.0736. The van der Waals surface area contributed by atoms with Gasteiger partial charge in [0.05, 0.1) is 12.8 Å². The molecule has 0 N–H and O–H groups in total. The van der Waals surface area contributed by atoms with Gasteiger partial charge in [0.15, 0.2) is 5.69 Å². The summed E-state index contributed by atoms with van der Waals surface area (Å²) in [6.07, 6.45) is 0. The second-order valence-electron chi connectivity index (χ2n) is 6.22. The Kier molecular flexibility index (Phi) is 4.74. The van der Waals surface area contributed by atoms with Crippen molar-refractivity contribution in [2.24, 2.45) is 0 Å². The highest BCUT2D eigenvalue weighted by Gasteiger charge is 2.26. The molecule has 2 aromatic rings. The highest BCUT2D eigenvalue weighted by molar-refractivity contribution is 5.92. The molecular weight excluding hydrogens is 306 g/mol. The predicted molar refractivity (Wildman–Crippen MR) is 91.7 cm³/mol. The molecule has 1 fully saturated rings. The van der Waals surface area contributed by atoms with Gasteiger partial charge in [-0.15, -0.1) is 0 Å². The Balaban J connectivity index is 1.65. The van der Waals surface area contributed by atoms with Gasteiger partial charge in [0.1, 0.15) is 11.5 Å². The van der Waals surface area contributed by atoms with Crippen molar-refractivity contribution in [3.63, 3.8) is 0 Å². The Morgan fingerprint density at radius 2 is 1.92 bits per heavy atom. The Morgan fingerprint density at radius 1 is 1.21 bits per heavy atom. The van der Waals surface area contributed by atoms with Gasteiger partial charge in [0, 0.05) is 38.2 Å². The van der Waals surface area contributed by atoms with Gasteiger partial charge in [-0.25, -0.2) is 0 Å². The van der Waals surface area contributed by atoms with E-state index in [4.69, 9.17) is 9.26 Å². The maximum absolute atomic E-state index is 12.6. The quantitative estimate of drug-likeness (QED) is 0.863. The second kappa shape index (κ2) is 6.95. The molecular formula is C18H23N3O3. The standard InChI is InChI=1S/C18H23N3O3/c1-13(2)17-12-14(19-24-17)18(22)21-10-8-20(9-11-21)15-6-4-5-7-16(15)23-3/h4-7,12-13H,8-11H2,1-3H3. The number of hydrogen-bond acceptors (Lipinski definition) is 5. The molecule has 3 rings (SSSR count). The first-order valence-electron chi connectivity index (χ1n) is 8.24. The van der Waals surface area contributed by atoms with Gasteiger partial charge in [0.25, 0.3) is 5.91 Å². The minimum atomic E-state index is -0.0645. The molecule has 24 heavy (non-hydrogen) atoms. The molecule has 1 saturated heterocycles. The molecule has 1 aromatic carbocycles. The average molecular weight is 329 g/mol. The third-order valence-corrected chi connectivity index (χ3v) is 4.31. The van der Waals surface area contributed by atoms with Crippen LogP contribution < -0.4 is 9.64 Å².